The van der Waals surface area contributed by atoms with Gasteiger partial charge in [0, 0.05) is 25.4 Å². The number of aromatic nitrogens is 2. The van der Waals surface area contributed by atoms with E-state index in [-0.39, 0.29) is 11.8 Å². The molecule has 1 aliphatic carbocycles. The number of imidazole rings is 1. The number of nitrogens with one attached hydrogen (secondary N) is 1. The minimum atomic E-state index is 0.0645. The number of fused-ring (bicyclic) bond motifs is 3. The van der Waals surface area contributed by atoms with Crippen molar-refractivity contribution in [1.82, 2.24) is 14.9 Å². The van der Waals surface area contributed by atoms with Crippen LogP contribution in [0.15, 0.2) is 35.9 Å². The van der Waals surface area contributed by atoms with Crippen molar-refractivity contribution in [2.24, 2.45) is 5.92 Å². The second-order valence-corrected chi connectivity index (χ2v) is 7.01. The van der Waals surface area contributed by atoms with Gasteiger partial charge >= 0.3 is 0 Å². The van der Waals surface area contributed by atoms with Gasteiger partial charge in [0.05, 0.1) is 11.0 Å². The zero-order valence-electron chi connectivity index (χ0n) is 14.1. The molecule has 1 amide bonds. The van der Waals surface area contributed by atoms with Crippen LogP contribution in [-0.4, -0.2) is 22.0 Å². The normalized spacial score (nSPS) is 20.5. The number of para-hydroxylation sites is 2. The van der Waals surface area contributed by atoms with Crippen molar-refractivity contribution < 1.29 is 4.79 Å². The molecule has 1 atom stereocenters. The predicted molar refractivity (Wildman–Crippen MR) is 95.7 cm³/mol. The van der Waals surface area contributed by atoms with Crippen molar-refractivity contribution in [1.29, 1.82) is 0 Å². The maximum Gasteiger partial charge on any atom is 0.223 e. The summed E-state index contributed by atoms with van der Waals surface area (Å²) < 4.78 is 2.27. The Morgan fingerprint density at radius 1 is 1.29 bits per heavy atom. The van der Waals surface area contributed by atoms with Gasteiger partial charge in [-0.15, -0.1) is 0 Å². The number of benzene rings is 1. The van der Waals surface area contributed by atoms with E-state index in [4.69, 9.17) is 4.98 Å². The number of rotatable bonds is 4. The van der Waals surface area contributed by atoms with Crippen molar-refractivity contribution >= 4 is 16.9 Å². The SMILES string of the molecule is O=C(NCCC1=CCCCC1)C1CCn2c(nc3ccccc32)C1. The number of aryl methyl sites for hydroxylation is 1. The van der Waals surface area contributed by atoms with E-state index in [9.17, 15) is 4.79 Å². The minimum Gasteiger partial charge on any atom is -0.356 e. The summed E-state index contributed by atoms with van der Waals surface area (Å²) in [6.45, 7) is 1.66. The topological polar surface area (TPSA) is 46.9 Å². The zero-order chi connectivity index (χ0) is 16.4. The fourth-order valence-electron chi connectivity index (χ4n) is 3.98. The van der Waals surface area contributed by atoms with E-state index < -0.39 is 0 Å². The zero-order valence-corrected chi connectivity index (χ0v) is 14.1. The van der Waals surface area contributed by atoms with E-state index in [1.807, 2.05) is 12.1 Å². The molecule has 4 nitrogen and oxygen atoms in total. The Hall–Kier alpha value is -2.10. The summed E-state index contributed by atoms with van der Waals surface area (Å²) in [5.41, 5.74) is 3.75. The molecule has 1 aliphatic heterocycles. The monoisotopic (exact) mass is 323 g/mol. The highest BCUT2D eigenvalue weighted by atomic mass is 16.1. The largest absolute Gasteiger partial charge is 0.356 e. The van der Waals surface area contributed by atoms with E-state index in [2.05, 4.69) is 28.1 Å². The lowest BCUT2D eigenvalue weighted by atomic mass is 9.95. The Labute approximate surface area is 143 Å². The Kier molecular flexibility index (Phi) is 4.37. The molecule has 1 unspecified atom stereocenters. The van der Waals surface area contributed by atoms with Gasteiger partial charge < -0.3 is 9.88 Å². The first-order valence-corrected chi connectivity index (χ1v) is 9.21. The summed E-state index contributed by atoms with van der Waals surface area (Å²) in [6.07, 6.45) is 10.1. The van der Waals surface area contributed by atoms with Gasteiger partial charge in [0.1, 0.15) is 5.82 Å². The lowest BCUT2D eigenvalue weighted by Gasteiger charge is -2.23. The molecule has 0 bridgehead atoms. The summed E-state index contributed by atoms with van der Waals surface area (Å²) in [6, 6.07) is 8.24. The molecule has 0 saturated heterocycles. The van der Waals surface area contributed by atoms with Crippen LogP contribution in [0.4, 0.5) is 0 Å². The Bertz CT molecular complexity index is 774. The average Bonchev–Trinajstić information content (AvgIpc) is 3.00. The molecular formula is C20H25N3O. The molecule has 0 fully saturated rings. The summed E-state index contributed by atoms with van der Waals surface area (Å²) in [7, 11) is 0. The quantitative estimate of drug-likeness (QED) is 0.874. The smallest absolute Gasteiger partial charge is 0.223 e. The first kappa shape index (κ1) is 15.4. The number of carbonyl (C=O) groups excluding carboxylic acids is 1. The van der Waals surface area contributed by atoms with Crippen molar-refractivity contribution in [3.8, 4) is 0 Å². The van der Waals surface area contributed by atoms with Crippen LogP contribution >= 0.6 is 0 Å². The van der Waals surface area contributed by atoms with Crippen LogP contribution in [0.25, 0.3) is 11.0 Å². The number of allylic oxidation sites excluding steroid dienone is 1. The molecule has 2 heterocycles. The van der Waals surface area contributed by atoms with Gasteiger partial charge in [-0.05, 0) is 50.7 Å². The van der Waals surface area contributed by atoms with Crippen LogP contribution in [0.2, 0.25) is 0 Å². The standard InChI is InChI=1S/C20H25N3O/c24-20(21-12-10-15-6-2-1-3-7-15)16-11-13-23-18-9-5-4-8-17(18)22-19(23)14-16/h4-6,8-9,16H,1-3,7,10-14H2,(H,21,24). The van der Waals surface area contributed by atoms with Gasteiger partial charge in [-0.25, -0.2) is 4.98 Å². The third-order valence-corrected chi connectivity index (χ3v) is 5.36. The van der Waals surface area contributed by atoms with Crippen LogP contribution in [0.3, 0.4) is 0 Å². The van der Waals surface area contributed by atoms with E-state index in [0.717, 1.165) is 43.7 Å². The molecule has 4 heteroatoms. The van der Waals surface area contributed by atoms with Crippen molar-refractivity contribution in [2.45, 2.75) is 51.5 Å². The number of hydrogen-bond donors (Lipinski definition) is 1. The van der Waals surface area contributed by atoms with Gasteiger partial charge in [-0.2, -0.15) is 0 Å². The predicted octanol–water partition coefficient (Wildman–Crippen LogP) is 3.61. The molecule has 1 aromatic carbocycles. The Balaban J connectivity index is 1.35. The highest BCUT2D eigenvalue weighted by molar-refractivity contribution is 5.80. The lowest BCUT2D eigenvalue weighted by Crippen LogP contribution is -2.36. The van der Waals surface area contributed by atoms with Gasteiger partial charge in [0.15, 0.2) is 0 Å². The van der Waals surface area contributed by atoms with Gasteiger partial charge in [-0.1, -0.05) is 23.8 Å². The van der Waals surface area contributed by atoms with Crippen LogP contribution in [-0.2, 0) is 17.8 Å². The number of nitrogens with zero attached hydrogens (tertiary/aromatic N) is 2. The fourth-order valence-corrected chi connectivity index (χ4v) is 3.98. The second-order valence-electron chi connectivity index (χ2n) is 7.01. The summed E-state index contributed by atoms with van der Waals surface area (Å²) >= 11 is 0. The van der Waals surface area contributed by atoms with Crippen LogP contribution in [0.1, 0.15) is 44.3 Å². The third-order valence-electron chi connectivity index (χ3n) is 5.36. The molecule has 2 aromatic rings. The maximum atomic E-state index is 12.5. The molecule has 0 spiro atoms. The van der Waals surface area contributed by atoms with Gasteiger partial charge in [-0.3, -0.25) is 4.79 Å². The second kappa shape index (κ2) is 6.80. The van der Waals surface area contributed by atoms with E-state index >= 15 is 0 Å². The van der Waals surface area contributed by atoms with E-state index in [0.29, 0.717) is 0 Å². The van der Waals surface area contributed by atoms with Crippen LogP contribution in [0.5, 0.6) is 0 Å². The molecule has 1 N–H and O–H groups in total. The van der Waals surface area contributed by atoms with Crippen LogP contribution < -0.4 is 5.32 Å². The van der Waals surface area contributed by atoms with Crippen LogP contribution in [0, 0.1) is 5.92 Å². The van der Waals surface area contributed by atoms with Crippen molar-refractivity contribution in [3.63, 3.8) is 0 Å². The van der Waals surface area contributed by atoms with Crippen molar-refractivity contribution in [3.05, 3.63) is 41.7 Å². The highest BCUT2D eigenvalue weighted by Crippen LogP contribution is 2.25. The summed E-state index contributed by atoms with van der Waals surface area (Å²) in [5.74, 6) is 1.32. The molecule has 0 radical (unpaired) electrons. The maximum absolute atomic E-state index is 12.5. The first-order valence-electron chi connectivity index (χ1n) is 9.21. The molecule has 2 aliphatic rings. The van der Waals surface area contributed by atoms with Gasteiger partial charge in [0.25, 0.3) is 0 Å². The number of amides is 1. The molecular weight excluding hydrogens is 298 g/mol. The summed E-state index contributed by atoms with van der Waals surface area (Å²) in [4.78, 5) is 17.2. The highest BCUT2D eigenvalue weighted by Gasteiger charge is 2.26. The first-order chi connectivity index (χ1) is 11.8. The number of hydrogen-bond acceptors (Lipinski definition) is 2. The van der Waals surface area contributed by atoms with E-state index in [1.54, 1.807) is 0 Å². The average molecular weight is 323 g/mol. The van der Waals surface area contributed by atoms with Crippen molar-refractivity contribution in [2.75, 3.05) is 6.54 Å². The Morgan fingerprint density at radius 2 is 2.21 bits per heavy atom. The molecule has 1 aromatic heterocycles. The van der Waals surface area contributed by atoms with Gasteiger partial charge in [0.2, 0.25) is 5.91 Å². The molecule has 0 saturated carbocycles. The Morgan fingerprint density at radius 3 is 3.08 bits per heavy atom. The third kappa shape index (κ3) is 3.10. The molecule has 4 rings (SSSR count). The fraction of sp³-hybridized carbons (Fsp3) is 0.500. The summed E-state index contributed by atoms with van der Waals surface area (Å²) in [5, 5.41) is 3.15. The molecule has 126 valence electrons. The molecule has 24 heavy (non-hydrogen) atoms. The van der Waals surface area contributed by atoms with E-state index in [1.165, 1.54) is 36.8 Å². The minimum absolute atomic E-state index is 0.0645. The lowest BCUT2D eigenvalue weighted by molar-refractivity contribution is -0.125. The number of carbonyl (C=O) groups is 1.